The second-order valence-corrected chi connectivity index (χ2v) is 6.42. The van der Waals surface area contributed by atoms with Crippen LogP contribution in [0.25, 0.3) is 22.3 Å². The lowest BCUT2D eigenvalue weighted by Crippen LogP contribution is -2.37. The van der Waals surface area contributed by atoms with Crippen LogP contribution in [0.15, 0.2) is 12.3 Å². The molecule has 0 radical (unpaired) electrons. The normalized spacial score (nSPS) is 15.3. The first kappa shape index (κ1) is 19.3. The Balaban J connectivity index is 1.88. The average Bonchev–Trinajstić information content (AvgIpc) is 3.02. The third-order valence-electron chi connectivity index (χ3n) is 4.60. The lowest BCUT2D eigenvalue weighted by Gasteiger charge is -2.26. The molecule has 4 rings (SSSR count). The zero-order chi connectivity index (χ0) is 20.9. The molecule has 3 aromatic rings. The standard InChI is InChI=1S/C17H14F5N5O2/c1-26-15-9(7-23-16(24-15)27-2-4-29-5-3-27)13(25-26)8-6-10(17(20,21)22)12(19)14(28)11(8)18/h6-7,28H,2-5H2,1H3. The molecule has 12 heteroatoms. The Kier molecular flexibility index (Phi) is 4.52. The van der Waals surface area contributed by atoms with Crippen molar-refractivity contribution in [3.63, 3.8) is 0 Å². The maximum Gasteiger partial charge on any atom is 0.419 e. The second-order valence-electron chi connectivity index (χ2n) is 6.42. The van der Waals surface area contributed by atoms with Gasteiger partial charge >= 0.3 is 6.18 Å². The van der Waals surface area contributed by atoms with Crippen molar-refractivity contribution in [2.24, 2.45) is 7.05 Å². The van der Waals surface area contributed by atoms with E-state index < -0.39 is 34.7 Å². The molecule has 1 aromatic carbocycles. The minimum Gasteiger partial charge on any atom is -0.503 e. The first-order valence-corrected chi connectivity index (χ1v) is 8.49. The van der Waals surface area contributed by atoms with Gasteiger partial charge in [-0.05, 0) is 6.07 Å². The van der Waals surface area contributed by atoms with Crippen molar-refractivity contribution in [3.05, 3.63) is 29.5 Å². The van der Waals surface area contributed by atoms with Crippen LogP contribution in [-0.2, 0) is 18.0 Å². The molecule has 0 aliphatic carbocycles. The quantitative estimate of drug-likeness (QED) is 0.649. The zero-order valence-corrected chi connectivity index (χ0v) is 15.0. The Morgan fingerprint density at radius 3 is 2.48 bits per heavy atom. The number of fused-ring (bicyclic) bond motifs is 1. The number of ether oxygens (including phenoxy) is 1. The van der Waals surface area contributed by atoms with Crippen LogP contribution in [0.5, 0.6) is 5.75 Å². The van der Waals surface area contributed by atoms with Gasteiger partial charge in [-0.1, -0.05) is 0 Å². The Labute approximate surface area is 160 Å². The van der Waals surface area contributed by atoms with E-state index in [1.165, 1.54) is 17.9 Å². The lowest BCUT2D eigenvalue weighted by atomic mass is 10.0. The minimum atomic E-state index is -5.13. The number of anilines is 1. The van der Waals surface area contributed by atoms with Gasteiger partial charge in [-0.25, -0.2) is 18.4 Å². The highest BCUT2D eigenvalue weighted by Crippen LogP contribution is 2.41. The van der Waals surface area contributed by atoms with E-state index in [-0.39, 0.29) is 22.8 Å². The molecule has 0 amide bonds. The number of hydrogen-bond acceptors (Lipinski definition) is 6. The predicted octanol–water partition coefficient (Wildman–Crippen LogP) is 2.87. The molecule has 3 heterocycles. The van der Waals surface area contributed by atoms with E-state index in [2.05, 4.69) is 15.1 Å². The van der Waals surface area contributed by atoms with E-state index in [0.29, 0.717) is 32.3 Å². The van der Waals surface area contributed by atoms with E-state index in [1.54, 1.807) is 0 Å². The van der Waals surface area contributed by atoms with Gasteiger partial charge in [-0.2, -0.15) is 23.3 Å². The van der Waals surface area contributed by atoms with E-state index in [0.717, 1.165) is 0 Å². The summed E-state index contributed by atoms with van der Waals surface area (Å²) in [5.74, 6) is -4.98. The van der Waals surface area contributed by atoms with Gasteiger partial charge in [0, 0.05) is 31.9 Å². The third-order valence-corrected chi connectivity index (χ3v) is 4.60. The number of phenolic OH excluding ortho intramolecular Hbond substituents is 1. The van der Waals surface area contributed by atoms with E-state index in [9.17, 15) is 27.1 Å². The molecule has 1 N–H and O–H groups in total. The summed E-state index contributed by atoms with van der Waals surface area (Å²) >= 11 is 0. The highest BCUT2D eigenvalue weighted by molar-refractivity contribution is 5.91. The van der Waals surface area contributed by atoms with E-state index >= 15 is 0 Å². The Hall–Kier alpha value is -3.02. The third kappa shape index (κ3) is 3.22. The molecule has 1 aliphatic heterocycles. The number of alkyl halides is 3. The van der Waals surface area contributed by atoms with E-state index in [4.69, 9.17) is 4.74 Å². The molecule has 0 saturated carbocycles. The van der Waals surface area contributed by atoms with Gasteiger partial charge in [0.15, 0.2) is 23.0 Å². The fourth-order valence-electron chi connectivity index (χ4n) is 3.14. The summed E-state index contributed by atoms with van der Waals surface area (Å²) in [6.45, 7) is 2.12. The van der Waals surface area contributed by atoms with Gasteiger partial charge in [-0.15, -0.1) is 0 Å². The SMILES string of the molecule is Cn1nc(-c2cc(C(F)(F)F)c(F)c(O)c2F)c2cnc(N3CCOCC3)nc21. The summed E-state index contributed by atoms with van der Waals surface area (Å²) in [7, 11) is 1.48. The minimum absolute atomic E-state index is 0.155. The van der Waals surface area contributed by atoms with Gasteiger partial charge in [0.1, 0.15) is 5.69 Å². The first-order chi connectivity index (χ1) is 13.7. The molecule has 29 heavy (non-hydrogen) atoms. The topological polar surface area (TPSA) is 76.3 Å². The molecule has 154 valence electrons. The molecule has 1 aliphatic rings. The fraction of sp³-hybridized carbons (Fsp3) is 0.353. The van der Waals surface area contributed by atoms with Crippen LogP contribution in [0.3, 0.4) is 0 Å². The first-order valence-electron chi connectivity index (χ1n) is 8.49. The number of aryl methyl sites for hydroxylation is 1. The van der Waals surface area contributed by atoms with Crippen molar-refractivity contribution in [1.29, 1.82) is 0 Å². The molecule has 1 fully saturated rings. The highest BCUT2D eigenvalue weighted by atomic mass is 19.4. The van der Waals surface area contributed by atoms with Gasteiger partial charge in [0.2, 0.25) is 5.95 Å². The maximum absolute atomic E-state index is 14.5. The number of nitrogens with zero attached hydrogens (tertiary/aromatic N) is 5. The Bertz CT molecular complexity index is 1090. The number of hydrogen-bond donors (Lipinski definition) is 1. The number of aromatic hydroxyl groups is 1. The van der Waals surface area contributed by atoms with Crippen LogP contribution in [-0.4, -0.2) is 51.2 Å². The Morgan fingerprint density at radius 2 is 1.83 bits per heavy atom. The Morgan fingerprint density at radius 1 is 1.14 bits per heavy atom. The van der Waals surface area contributed by atoms with Crippen molar-refractivity contribution in [3.8, 4) is 17.0 Å². The largest absolute Gasteiger partial charge is 0.503 e. The summed E-state index contributed by atoms with van der Waals surface area (Å²) in [4.78, 5) is 10.4. The van der Waals surface area contributed by atoms with Crippen LogP contribution in [0, 0.1) is 11.6 Å². The number of benzene rings is 1. The summed E-state index contributed by atoms with van der Waals surface area (Å²) in [6.07, 6.45) is -3.82. The number of aromatic nitrogens is 4. The number of morpholine rings is 1. The summed E-state index contributed by atoms with van der Waals surface area (Å²) in [5, 5.41) is 13.7. The smallest absolute Gasteiger partial charge is 0.419 e. The van der Waals surface area contributed by atoms with Crippen LogP contribution >= 0.6 is 0 Å². The molecule has 7 nitrogen and oxygen atoms in total. The van der Waals surface area contributed by atoms with Gasteiger partial charge in [0.25, 0.3) is 0 Å². The number of halogens is 5. The van der Waals surface area contributed by atoms with Gasteiger partial charge in [-0.3, -0.25) is 0 Å². The molecule has 1 saturated heterocycles. The molecule has 0 unspecified atom stereocenters. The molecular formula is C17H14F5N5O2. The molecule has 0 spiro atoms. The van der Waals surface area contributed by atoms with Crippen LogP contribution < -0.4 is 4.90 Å². The summed E-state index contributed by atoms with van der Waals surface area (Å²) < 4.78 is 74.0. The van der Waals surface area contributed by atoms with Gasteiger partial charge < -0.3 is 14.7 Å². The highest BCUT2D eigenvalue weighted by Gasteiger charge is 2.38. The van der Waals surface area contributed by atoms with Crippen LogP contribution in [0.4, 0.5) is 27.9 Å². The van der Waals surface area contributed by atoms with Crippen molar-refractivity contribution < 1.29 is 31.8 Å². The fourth-order valence-corrected chi connectivity index (χ4v) is 3.14. The lowest BCUT2D eigenvalue weighted by molar-refractivity contribution is -0.140. The maximum atomic E-state index is 14.5. The number of phenols is 1. The molecular weight excluding hydrogens is 401 g/mol. The van der Waals surface area contributed by atoms with Crippen molar-refractivity contribution in [2.75, 3.05) is 31.2 Å². The second kappa shape index (κ2) is 6.79. The van der Waals surface area contributed by atoms with Crippen molar-refractivity contribution in [2.45, 2.75) is 6.18 Å². The van der Waals surface area contributed by atoms with Crippen molar-refractivity contribution in [1.82, 2.24) is 19.7 Å². The van der Waals surface area contributed by atoms with E-state index in [1.807, 2.05) is 4.90 Å². The van der Waals surface area contributed by atoms with Crippen LogP contribution in [0.1, 0.15) is 5.56 Å². The number of rotatable bonds is 2. The average molecular weight is 415 g/mol. The van der Waals surface area contributed by atoms with Crippen LogP contribution in [0.2, 0.25) is 0 Å². The monoisotopic (exact) mass is 415 g/mol. The zero-order valence-electron chi connectivity index (χ0n) is 15.0. The molecule has 2 aromatic heterocycles. The van der Waals surface area contributed by atoms with Gasteiger partial charge in [0.05, 0.1) is 24.2 Å². The molecule has 0 bridgehead atoms. The predicted molar refractivity (Wildman–Crippen MR) is 91.4 cm³/mol. The summed E-state index contributed by atoms with van der Waals surface area (Å²) in [6, 6.07) is 0.280. The molecule has 0 atom stereocenters. The van der Waals surface area contributed by atoms with Crippen molar-refractivity contribution >= 4 is 17.0 Å². The summed E-state index contributed by atoms with van der Waals surface area (Å²) in [5.41, 5.74) is -2.50.